The van der Waals surface area contributed by atoms with Crippen LogP contribution in [0.25, 0.3) is 28.3 Å². The number of nitrogens with zero attached hydrogens (tertiary/aromatic N) is 4. The van der Waals surface area contributed by atoms with Crippen LogP contribution in [0.5, 0.6) is 0 Å². The molecular weight excluding hydrogens is 435 g/mol. The van der Waals surface area contributed by atoms with Crippen molar-refractivity contribution in [1.82, 2.24) is 19.9 Å². The Bertz CT molecular complexity index is 1180. The second-order valence-electron chi connectivity index (χ2n) is 5.85. The van der Waals surface area contributed by atoms with Crippen LogP contribution >= 0.6 is 23.2 Å². The predicted molar refractivity (Wildman–Crippen MR) is 97.3 cm³/mol. The Morgan fingerprint density at radius 2 is 1.72 bits per heavy atom. The first kappa shape index (κ1) is 19.4. The standard InChI is InChI=1S/C18H8Cl2F4N4O/c19-12-7-25-8-13(20)16(12)14-5-15(29-27-14)11-6-26-28(17(11)18(22,23)24)10-3-1-2-9(21)4-10/h1-8H. The van der Waals surface area contributed by atoms with Gasteiger partial charge in [0.15, 0.2) is 11.5 Å². The van der Waals surface area contributed by atoms with Crippen LogP contribution in [0.4, 0.5) is 17.6 Å². The molecule has 0 aliphatic heterocycles. The van der Waals surface area contributed by atoms with E-state index in [9.17, 15) is 17.6 Å². The van der Waals surface area contributed by atoms with Crippen LogP contribution in [0, 0.1) is 5.82 Å². The molecule has 0 N–H and O–H groups in total. The zero-order valence-electron chi connectivity index (χ0n) is 14.1. The third-order valence-electron chi connectivity index (χ3n) is 3.98. The van der Waals surface area contributed by atoms with Gasteiger partial charge in [-0.25, -0.2) is 9.07 Å². The molecule has 3 aromatic heterocycles. The fourth-order valence-electron chi connectivity index (χ4n) is 2.78. The number of halogens is 6. The predicted octanol–water partition coefficient (Wildman–Crippen LogP) is 6.05. The summed E-state index contributed by atoms with van der Waals surface area (Å²) >= 11 is 12.1. The molecule has 29 heavy (non-hydrogen) atoms. The molecule has 148 valence electrons. The first-order valence-electron chi connectivity index (χ1n) is 7.93. The Hall–Kier alpha value is -2.91. The van der Waals surface area contributed by atoms with Crippen LogP contribution in [0.15, 0.2) is 53.4 Å². The van der Waals surface area contributed by atoms with Gasteiger partial charge in [0.05, 0.1) is 27.5 Å². The van der Waals surface area contributed by atoms with E-state index in [2.05, 4.69) is 15.2 Å². The van der Waals surface area contributed by atoms with Crippen LogP contribution < -0.4 is 0 Å². The van der Waals surface area contributed by atoms with Crippen molar-refractivity contribution < 1.29 is 22.1 Å². The summed E-state index contributed by atoms with van der Waals surface area (Å²) in [4.78, 5) is 3.81. The van der Waals surface area contributed by atoms with Crippen molar-refractivity contribution in [3.05, 3.63) is 70.5 Å². The highest BCUT2D eigenvalue weighted by Gasteiger charge is 2.40. The van der Waals surface area contributed by atoms with Gasteiger partial charge in [-0.3, -0.25) is 4.98 Å². The van der Waals surface area contributed by atoms with E-state index in [1.807, 2.05) is 0 Å². The van der Waals surface area contributed by atoms with Crippen molar-refractivity contribution >= 4 is 23.2 Å². The van der Waals surface area contributed by atoms with E-state index in [0.29, 0.717) is 4.68 Å². The molecule has 0 bridgehead atoms. The minimum absolute atomic E-state index is 0.0939. The highest BCUT2D eigenvalue weighted by atomic mass is 35.5. The smallest absolute Gasteiger partial charge is 0.356 e. The van der Waals surface area contributed by atoms with Crippen LogP contribution in [-0.4, -0.2) is 19.9 Å². The quantitative estimate of drug-likeness (QED) is 0.362. The Morgan fingerprint density at radius 1 is 1.00 bits per heavy atom. The minimum atomic E-state index is -4.81. The van der Waals surface area contributed by atoms with Gasteiger partial charge < -0.3 is 4.52 Å². The molecule has 0 fully saturated rings. The van der Waals surface area contributed by atoms with Gasteiger partial charge in [0.25, 0.3) is 0 Å². The summed E-state index contributed by atoms with van der Waals surface area (Å²) in [7, 11) is 0. The fraction of sp³-hybridized carbons (Fsp3) is 0.0556. The number of pyridine rings is 1. The minimum Gasteiger partial charge on any atom is -0.356 e. The lowest BCUT2D eigenvalue weighted by Gasteiger charge is -2.11. The van der Waals surface area contributed by atoms with Gasteiger partial charge in [-0.2, -0.15) is 18.3 Å². The maximum atomic E-state index is 13.8. The van der Waals surface area contributed by atoms with Crippen molar-refractivity contribution in [2.24, 2.45) is 0 Å². The first-order valence-corrected chi connectivity index (χ1v) is 8.69. The van der Waals surface area contributed by atoms with Crippen molar-refractivity contribution in [3.63, 3.8) is 0 Å². The van der Waals surface area contributed by atoms with E-state index in [-0.39, 0.29) is 38.3 Å². The van der Waals surface area contributed by atoms with Gasteiger partial charge in [-0.15, -0.1) is 0 Å². The van der Waals surface area contributed by atoms with E-state index in [1.54, 1.807) is 0 Å². The van der Waals surface area contributed by atoms with Crippen molar-refractivity contribution in [1.29, 1.82) is 0 Å². The van der Waals surface area contributed by atoms with Crippen molar-refractivity contribution in [2.45, 2.75) is 6.18 Å². The molecule has 0 spiro atoms. The molecule has 0 atom stereocenters. The summed E-state index contributed by atoms with van der Waals surface area (Å²) in [5.41, 5.74) is -1.21. The van der Waals surface area contributed by atoms with Crippen molar-refractivity contribution in [3.8, 4) is 28.3 Å². The SMILES string of the molecule is Fc1cccc(-n2ncc(-c3cc(-c4c(Cl)cncc4Cl)no3)c2C(F)(F)F)c1. The molecule has 0 saturated heterocycles. The van der Waals surface area contributed by atoms with Gasteiger partial charge in [-0.1, -0.05) is 34.4 Å². The lowest BCUT2D eigenvalue weighted by Crippen LogP contribution is -2.14. The normalized spacial score (nSPS) is 11.8. The molecule has 3 heterocycles. The summed E-state index contributed by atoms with van der Waals surface area (Å²) in [5, 5.41) is 7.85. The topological polar surface area (TPSA) is 56.7 Å². The summed E-state index contributed by atoms with van der Waals surface area (Å²) in [5.74, 6) is -0.907. The molecule has 4 rings (SSSR count). The van der Waals surface area contributed by atoms with Crippen LogP contribution in [0.3, 0.4) is 0 Å². The molecule has 0 radical (unpaired) electrons. The number of alkyl halides is 3. The molecule has 0 unspecified atom stereocenters. The maximum absolute atomic E-state index is 13.8. The third-order valence-corrected chi connectivity index (χ3v) is 4.55. The second-order valence-corrected chi connectivity index (χ2v) is 6.67. The van der Waals surface area contributed by atoms with Crippen molar-refractivity contribution in [2.75, 3.05) is 0 Å². The molecule has 0 aliphatic carbocycles. The monoisotopic (exact) mass is 442 g/mol. The maximum Gasteiger partial charge on any atom is 0.434 e. The molecule has 5 nitrogen and oxygen atoms in total. The molecule has 11 heteroatoms. The molecular formula is C18H8Cl2F4N4O. The van der Waals surface area contributed by atoms with E-state index in [4.69, 9.17) is 27.7 Å². The number of rotatable bonds is 3. The van der Waals surface area contributed by atoms with Gasteiger partial charge >= 0.3 is 6.18 Å². The summed E-state index contributed by atoms with van der Waals surface area (Å²) < 4.78 is 60.6. The number of hydrogen-bond acceptors (Lipinski definition) is 4. The Kier molecular flexibility index (Phi) is 4.79. The molecule has 4 aromatic rings. The summed E-state index contributed by atoms with van der Waals surface area (Å²) in [6.07, 6.45) is -1.20. The van der Waals surface area contributed by atoms with Gasteiger partial charge in [0.2, 0.25) is 0 Å². The molecule has 0 saturated carbocycles. The third kappa shape index (κ3) is 3.58. The average molecular weight is 443 g/mol. The van der Waals surface area contributed by atoms with Gasteiger partial charge in [0, 0.05) is 24.0 Å². The molecule has 0 amide bonds. The summed E-state index contributed by atoms with van der Waals surface area (Å²) in [6.45, 7) is 0. The lowest BCUT2D eigenvalue weighted by atomic mass is 10.1. The number of aromatic nitrogens is 4. The van der Waals surface area contributed by atoms with E-state index < -0.39 is 17.7 Å². The van der Waals surface area contributed by atoms with Crippen LogP contribution in [0.1, 0.15) is 5.69 Å². The van der Waals surface area contributed by atoms with Crippen LogP contribution in [0.2, 0.25) is 10.0 Å². The molecule has 1 aromatic carbocycles. The Balaban J connectivity index is 1.86. The van der Waals surface area contributed by atoms with E-state index >= 15 is 0 Å². The fourth-order valence-corrected chi connectivity index (χ4v) is 3.34. The van der Waals surface area contributed by atoms with E-state index in [1.165, 1.54) is 30.6 Å². The zero-order valence-corrected chi connectivity index (χ0v) is 15.6. The lowest BCUT2D eigenvalue weighted by molar-refractivity contribution is -0.142. The second kappa shape index (κ2) is 7.16. The zero-order chi connectivity index (χ0) is 20.8. The number of hydrogen-bond donors (Lipinski definition) is 0. The number of benzene rings is 1. The average Bonchev–Trinajstić information content (AvgIpc) is 3.28. The van der Waals surface area contributed by atoms with Gasteiger partial charge in [0.1, 0.15) is 11.5 Å². The van der Waals surface area contributed by atoms with Gasteiger partial charge in [-0.05, 0) is 18.2 Å². The van der Waals surface area contributed by atoms with E-state index in [0.717, 1.165) is 18.3 Å². The Labute approximate surface area is 170 Å². The molecule has 0 aliphatic rings. The Morgan fingerprint density at radius 3 is 2.38 bits per heavy atom. The first-order chi connectivity index (χ1) is 13.8. The summed E-state index contributed by atoms with van der Waals surface area (Å²) in [6, 6.07) is 5.90. The largest absolute Gasteiger partial charge is 0.434 e. The highest BCUT2D eigenvalue weighted by Crippen LogP contribution is 2.40. The van der Waals surface area contributed by atoms with Crippen LogP contribution in [-0.2, 0) is 6.18 Å². The highest BCUT2D eigenvalue weighted by molar-refractivity contribution is 6.38.